The van der Waals surface area contributed by atoms with Gasteiger partial charge < -0.3 is 19.4 Å². The van der Waals surface area contributed by atoms with Crippen LogP contribution in [-0.2, 0) is 9.59 Å². The summed E-state index contributed by atoms with van der Waals surface area (Å²) >= 11 is 0. The summed E-state index contributed by atoms with van der Waals surface area (Å²) in [6.45, 7) is 2.85. The van der Waals surface area contributed by atoms with Crippen molar-refractivity contribution in [2.45, 2.75) is 18.9 Å². The number of carbonyl (C=O) groups is 2. The third kappa shape index (κ3) is 3.97. The quantitative estimate of drug-likeness (QED) is 0.777. The van der Waals surface area contributed by atoms with E-state index in [-0.39, 0.29) is 23.8 Å². The maximum Gasteiger partial charge on any atom is 0.228 e. The minimum absolute atomic E-state index is 0.0832. The van der Waals surface area contributed by atoms with Crippen LogP contribution < -0.4 is 9.64 Å². The van der Waals surface area contributed by atoms with Crippen LogP contribution in [0, 0.1) is 5.92 Å². The minimum Gasteiger partial charge on any atom is -0.497 e. The van der Waals surface area contributed by atoms with Crippen molar-refractivity contribution in [2.75, 3.05) is 45.2 Å². The molecule has 0 radical (unpaired) electrons. The molecule has 7 nitrogen and oxygen atoms in total. The second-order valence-corrected chi connectivity index (χ2v) is 7.87. The van der Waals surface area contributed by atoms with E-state index in [1.807, 2.05) is 47.4 Å². The van der Waals surface area contributed by atoms with Crippen LogP contribution in [0.25, 0.3) is 0 Å². The molecule has 2 aliphatic rings. The lowest BCUT2D eigenvalue weighted by atomic mass is 9.83. The number of piperazine rings is 1. The van der Waals surface area contributed by atoms with Crippen LogP contribution in [0.3, 0.4) is 0 Å². The van der Waals surface area contributed by atoms with Crippen LogP contribution in [-0.4, -0.2) is 66.9 Å². The molecule has 3 heterocycles. The number of amides is 2. The molecular formula is C23H28N4O3. The molecule has 2 saturated heterocycles. The summed E-state index contributed by atoms with van der Waals surface area (Å²) < 4.78 is 5.26. The maximum atomic E-state index is 13.5. The molecule has 158 valence electrons. The lowest BCUT2D eigenvalue weighted by molar-refractivity contribution is -0.146. The second kappa shape index (κ2) is 8.73. The van der Waals surface area contributed by atoms with Crippen molar-refractivity contribution in [1.82, 2.24) is 14.8 Å². The number of nitrogens with zero attached hydrogens (tertiary/aromatic N) is 4. The Labute approximate surface area is 177 Å². The summed E-state index contributed by atoms with van der Waals surface area (Å²) in [5.74, 6) is 1.69. The van der Waals surface area contributed by atoms with Gasteiger partial charge in [-0.05, 0) is 36.2 Å². The van der Waals surface area contributed by atoms with Gasteiger partial charge in [0.1, 0.15) is 11.6 Å². The summed E-state index contributed by atoms with van der Waals surface area (Å²) in [5.41, 5.74) is 0.969. The molecule has 4 rings (SSSR count). The van der Waals surface area contributed by atoms with Gasteiger partial charge in [-0.25, -0.2) is 4.98 Å². The van der Waals surface area contributed by atoms with Crippen molar-refractivity contribution >= 4 is 17.6 Å². The molecule has 1 aromatic heterocycles. The zero-order chi connectivity index (χ0) is 21.1. The number of benzene rings is 1. The number of hydrogen-bond donors (Lipinski definition) is 0. The first-order valence-corrected chi connectivity index (χ1v) is 10.4. The molecule has 0 saturated carbocycles. The Morgan fingerprint density at radius 1 is 1.07 bits per heavy atom. The third-order valence-electron chi connectivity index (χ3n) is 6.20. The highest BCUT2D eigenvalue weighted by Gasteiger charge is 2.41. The van der Waals surface area contributed by atoms with Crippen molar-refractivity contribution in [3.8, 4) is 5.75 Å². The van der Waals surface area contributed by atoms with E-state index in [1.165, 1.54) is 0 Å². The van der Waals surface area contributed by atoms with E-state index in [1.54, 1.807) is 25.3 Å². The summed E-state index contributed by atoms with van der Waals surface area (Å²) in [6.07, 6.45) is 2.79. The van der Waals surface area contributed by atoms with Crippen LogP contribution in [0.2, 0.25) is 0 Å². The molecule has 0 aliphatic carbocycles. The highest BCUT2D eigenvalue weighted by molar-refractivity contribution is 5.85. The van der Waals surface area contributed by atoms with Gasteiger partial charge in [0.2, 0.25) is 11.8 Å². The summed E-state index contributed by atoms with van der Waals surface area (Å²) in [6, 6.07) is 13.3. The number of pyridine rings is 1. The summed E-state index contributed by atoms with van der Waals surface area (Å²) in [4.78, 5) is 36.2. The Bertz CT molecular complexity index is 879. The SMILES string of the molecule is COc1ccc([C@H]2[C@H](C(=O)N3CCN(c4ccccn4)CC3)CCC(=O)N2C)cc1. The molecule has 30 heavy (non-hydrogen) atoms. The van der Waals surface area contributed by atoms with Crippen molar-refractivity contribution in [3.05, 3.63) is 54.2 Å². The standard InChI is InChI=1S/C23H28N4O3/c1-25-21(28)11-10-19(22(25)17-6-8-18(30-2)9-7-17)23(29)27-15-13-26(14-16-27)20-5-3-4-12-24-20/h3-9,12,19,22H,10-11,13-16H2,1-2H3/t19-,22+/m1/s1. The maximum absolute atomic E-state index is 13.5. The number of anilines is 1. The average molecular weight is 409 g/mol. The smallest absolute Gasteiger partial charge is 0.228 e. The molecule has 2 amide bonds. The first kappa shape index (κ1) is 20.2. The van der Waals surface area contributed by atoms with Crippen LogP contribution in [0.5, 0.6) is 5.75 Å². The van der Waals surface area contributed by atoms with Gasteiger partial charge >= 0.3 is 0 Å². The topological polar surface area (TPSA) is 66.0 Å². The largest absolute Gasteiger partial charge is 0.497 e. The van der Waals surface area contributed by atoms with Crippen molar-refractivity contribution in [2.24, 2.45) is 5.92 Å². The molecule has 2 aliphatic heterocycles. The fourth-order valence-corrected chi connectivity index (χ4v) is 4.49. The Morgan fingerprint density at radius 2 is 1.80 bits per heavy atom. The number of carbonyl (C=O) groups excluding carboxylic acids is 2. The third-order valence-corrected chi connectivity index (χ3v) is 6.20. The van der Waals surface area contributed by atoms with Crippen molar-refractivity contribution in [1.29, 1.82) is 0 Å². The zero-order valence-electron chi connectivity index (χ0n) is 17.5. The molecule has 0 spiro atoms. The fraction of sp³-hybridized carbons (Fsp3) is 0.435. The number of rotatable bonds is 4. The van der Waals surface area contributed by atoms with Crippen molar-refractivity contribution < 1.29 is 14.3 Å². The first-order chi connectivity index (χ1) is 14.6. The molecular weight excluding hydrogens is 380 g/mol. The van der Waals surface area contributed by atoms with E-state index in [0.717, 1.165) is 30.2 Å². The Balaban J connectivity index is 1.49. The van der Waals surface area contributed by atoms with Crippen LogP contribution in [0.15, 0.2) is 48.7 Å². The van der Waals surface area contributed by atoms with Crippen molar-refractivity contribution in [3.63, 3.8) is 0 Å². The minimum atomic E-state index is -0.251. The summed E-state index contributed by atoms with van der Waals surface area (Å²) in [5, 5.41) is 0. The monoisotopic (exact) mass is 408 g/mol. The van der Waals surface area contributed by atoms with E-state index in [0.29, 0.717) is 25.9 Å². The van der Waals surface area contributed by atoms with E-state index in [2.05, 4.69) is 9.88 Å². The van der Waals surface area contributed by atoms with E-state index in [9.17, 15) is 9.59 Å². The van der Waals surface area contributed by atoms with Gasteiger partial charge in [0.15, 0.2) is 0 Å². The molecule has 0 N–H and O–H groups in total. The molecule has 2 fully saturated rings. The number of ether oxygens (including phenoxy) is 1. The van der Waals surface area contributed by atoms with E-state index >= 15 is 0 Å². The Kier molecular flexibility index (Phi) is 5.88. The molecule has 2 aromatic rings. The van der Waals surface area contributed by atoms with Gasteiger partial charge in [-0.2, -0.15) is 0 Å². The number of piperidine rings is 1. The molecule has 1 aromatic carbocycles. The Hall–Kier alpha value is -3.09. The van der Waals surface area contributed by atoms with Gasteiger partial charge in [-0.1, -0.05) is 18.2 Å². The fourth-order valence-electron chi connectivity index (χ4n) is 4.49. The number of hydrogen-bond acceptors (Lipinski definition) is 5. The Morgan fingerprint density at radius 3 is 2.43 bits per heavy atom. The lowest BCUT2D eigenvalue weighted by Gasteiger charge is -2.42. The normalized spacial score (nSPS) is 22.2. The van der Waals surface area contributed by atoms with E-state index in [4.69, 9.17) is 4.74 Å². The van der Waals surface area contributed by atoms with Crippen LogP contribution in [0.4, 0.5) is 5.82 Å². The van der Waals surface area contributed by atoms with E-state index < -0.39 is 0 Å². The number of aromatic nitrogens is 1. The molecule has 2 atom stereocenters. The predicted molar refractivity (Wildman–Crippen MR) is 114 cm³/mol. The van der Waals surface area contributed by atoms with Gasteiger partial charge in [-0.3, -0.25) is 9.59 Å². The lowest BCUT2D eigenvalue weighted by Crippen LogP contribution is -2.53. The summed E-state index contributed by atoms with van der Waals surface area (Å²) in [7, 11) is 3.43. The molecule has 7 heteroatoms. The van der Waals surface area contributed by atoms with Crippen LogP contribution >= 0.6 is 0 Å². The number of likely N-dealkylation sites (tertiary alicyclic amines) is 1. The molecule has 0 bridgehead atoms. The van der Waals surface area contributed by atoms with Gasteiger partial charge in [-0.15, -0.1) is 0 Å². The average Bonchev–Trinajstić information content (AvgIpc) is 2.81. The second-order valence-electron chi connectivity index (χ2n) is 7.87. The van der Waals surface area contributed by atoms with Crippen LogP contribution in [0.1, 0.15) is 24.4 Å². The van der Waals surface area contributed by atoms with Gasteiger partial charge in [0.25, 0.3) is 0 Å². The highest BCUT2D eigenvalue weighted by Crippen LogP contribution is 2.37. The van der Waals surface area contributed by atoms with Gasteiger partial charge in [0.05, 0.1) is 19.1 Å². The first-order valence-electron chi connectivity index (χ1n) is 10.4. The highest BCUT2D eigenvalue weighted by atomic mass is 16.5. The number of methoxy groups -OCH3 is 1. The predicted octanol–water partition coefficient (Wildman–Crippen LogP) is 2.35. The molecule has 0 unspecified atom stereocenters. The van der Waals surface area contributed by atoms with Gasteiger partial charge in [0, 0.05) is 45.8 Å². The zero-order valence-corrected chi connectivity index (χ0v) is 17.5.